The third-order valence-electron chi connectivity index (χ3n) is 6.77. The molecule has 230 valence electrons. The maximum absolute atomic E-state index is 14.5. The zero-order valence-electron chi connectivity index (χ0n) is 26.3. The SMILES string of the molecule is CCOC(=O)CCNC(=O)C(c1ccc(C)cc1C)N(C(=O)C(Cc1ccccc1)NC(=O)OC(C)(C)C)C(C)CC. The Bertz CT molecular complexity index is 1210. The van der Waals surface area contributed by atoms with Gasteiger partial charge in [0.25, 0.3) is 0 Å². The second-order valence-corrected chi connectivity index (χ2v) is 11.5. The first kappa shape index (κ1) is 34.3. The number of esters is 1. The van der Waals surface area contributed by atoms with E-state index >= 15 is 0 Å². The van der Waals surface area contributed by atoms with Crippen LogP contribution >= 0.6 is 0 Å². The largest absolute Gasteiger partial charge is 0.466 e. The van der Waals surface area contributed by atoms with Crippen LogP contribution in [-0.2, 0) is 30.3 Å². The van der Waals surface area contributed by atoms with Crippen molar-refractivity contribution < 1.29 is 28.7 Å². The smallest absolute Gasteiger partial charge is 0.408 e. The Hall–Kier alpha value is -3.88. The van der Waals surface area contributed by atoms with Crippen molar-refractivity contribution in [2.45, 2.75) is 98.4 Å². The molecule has 2 aromatic rings. The van der Waals surface area contributed by atoms with Crippen LogP contribution in [0.15, 0.2) is 48.5 Å². The zero-order chi connectivity index (χ0) is 31.4. The fourth-order valence-corrected chi connectivity index (χ4v) is 4.64. The summed E-state index contributed by atoms with van der Waals surface area (Å²) < 4.78 is 10.5. The topological polar surface area (TPSA) is 114 Å². The number of nitrogens with zero attached hydrogens (tertiary/aromatic N) is 1. The van der Waals surface area contributed by atoms with Gasteiger partial charge in [0.15, 0.2) is 0 Å². The maximum Gasteiger partial charge on any atom is 0.408 e. The van der Waals surface area contributed by atoms with Gasteiger partial charge in [0, 0.05) is 19.0 Å². The van der Waals surface area contributed by atoms with Crippen molar-refractivity contribution in [3.05, 3.63) is 70.8 Å². The average Bonchev–Trinajstić information content (AvgIpc) is 2.90. The van der Waals surface area contributed by atoms with Gasteiger partial charge in [0.2, 0.25) is 11.8 Å². The van der Waals surface area contributed by atoms with Crippen LogP contribution in [0.25, 0.3) is 0 Å². The number of hydrogen-bond acceptors (Lipinski definition) is 6. The lowest BCUT2D eigenvalue weighted by Gasteiger charge is -2.39. The molecule has 0 aliphatic heterocycles. The second kappa shape index (κ2) is 15.9. The first-order valence-corrected chi connectivity index (χ1v) is 14.6. The predicted molar refractivity (Wildman–Crippen MR) is 163 cm³/mol. The maximum atomic E-state index is 14.5. The minimum absolute atomic E-state index is 0.00723. The summed E-state index contributed by atoms with van der Waals surface area (Å²) in [4.78, 5) is 54.8. The fraction of sp³-hybridized carbons (Fsp3) is 0.515. The van der Waals surface area contributed by atoms with Crippen LogP contribution in [-0.4, -0.2) is 59.6 Å². The Labute approximate surface area is 250 Å². The molecule has 0 radical (unpaired) electrons. The molecule has 0 heterocycles. The highest BCUT2D eigenvalue weighted by atomic mass is 16.6. The van der Waals surface area contributed by atoms with E-state index in [1.807, 2.05) is 76.2 Å². The number of rotatable bonds is 13. The van der Waals surface area contributed by atoms with Crippen LogP contribution in [0.2, 0.25) is 0 Å². The lowest BCUT2D eigenvalue weighted by molar-refractivity contribution is -0.146. The number of hydrogen-bond donors (Lipinski definition) is 2. The van der Waals surface area contributed by atoms with Crippen molar-refractivity contribution in [3.8, 4) is 0 Å². The van der Waals surface area contributed by atoms with E-state index in [2.05, 4.69) is 10.6 Å². The van der Waals surface area contributed by atoms with Crippen molar-refractivity contribution >= 4 is 23.9 Å². The number of amides is 3. The third-order valence-corrected chi connectivity index (χ3v) is 6.77. The molecule has 9 heteroatoms. The molecule has 0 aliphatic carbocycles. The first-order valence-electron chi connectivity index (χ1n) is 14.6. The number of carbonyl (C=O) groups is 4. The molecular weight excluding hydrogens is 534 g/mol. The van der Waals surface area contributed by atoms with Gasteiger partial charge in [-0.05, 0) is 71.6 Å². The summed E-state index contributed by atoms with van der Waals surface area (Å²) in [6.07, 6.45) is 0.0552. The van der Waals surface area contributed by atoms with Crippen molar-refractivity contribution in [2.24, 2.45) is 0 Å². The van der Waals surface area contributed by atoms with Crippen LogP contribution in [0.3, 0.4) is 0 Å². The molecule has 2 aromatic carbocycles. The molecule has 0 fully saturated rings. The first-order chi connectivity index (χ1) is 19.8. The summed E-state index contributed by atoms with van der Waals surface area (Å²) in [7, 11) is 0. The summed E-state index contributed by atoms with van der Waals surface area (Å²) in [6.45, 7) is 15.0. The lowest BCUT2D eigenvalue weighted by Crippen LogP contribution is -2.56. The Morgan fingerprint density at radius 2 is 1.64 bits per heavy atom. The quantitative estimate of drug-likeness (QED) is 0.315. The highest BCUT2D eigenvalue weighted by Gasteiger charge is 2.39. The molecule has 0 aromatic heterocycles. The molecule has 0 bridgehead atoms. The molecular formula is C33H47N3O6. The van der Waals surface area contributed by atoms with E-state index in [1.54, 1.807) is 32.6 Å². The molecule has 0 saturated carbocycles. The Balaban J connectivity index is 2.56. The van der Waals surface area contributed by atoms with Gasteiger partial charge >= 0.3 is 12.1 Å². The van der Waals surface area contributed by atoms with Crippen LogP contribution in [0.5, 0.6) is 0 Å². The number of nitrogens with one attached hydrogen (secondary N) is 2. The van der Waals surface area contributed by atoms with Crippen LogP contribution in [0, 0.1) is 13.8 Å². The van der Waals surface area contributed by atoms with Crippen molar-refractivity contribution in [1.29, 1.82) is 0 Å². The highest BCUT2D eigenvalue weighted by Crippen LogP contribution is 2.29. The Morgan fingerprint density at radius 1 is 0.976 bits per heavy atom. The van der Waals surface area contributed by atoms with Gasteiger partial charge in [-0.1, -0.05) is 61.0 Å². The molecule has 9 nitrogen and oxygen atoms in total. The monoisotopic (exact) mass is 581 g/mol. The van der Waals surface area contributed by atoms with E-state index in [1.165, 1.54) is 0 Å². The van der Waals surface area contributed by atoms with E-state index in [0.29, 0.717) is 12.0 Å². The Kier molecular flexibility index (Phi) is 13.0. The molecule has 0 spiro atoms. The van der Waals surface area contributed by atoms with E-state index in [9.17, 15) is 19.2 Å². The fourth-order valence-electron chi connectivity index (χ4n) is 4.64. The van der Waals surface area contributed by atoms with Gasteiger partial charge in [0.1, 0.15) is 17.7 Å². The molecule has 42 heavy (non-hydrogen) atoms. The molecule has 2 rings (SSSR count). The van der Waals surface area contributed by atoms with Crippen LogP contribution in [0.4, 0.5) is 4.79 Å². The minimum atomic E-state index is -1.01. The van der Waals surface area contributed by atoms with Gasteiger partial charge in [-0.3, -0.25) is 14.4 Å². The number of benzene rings is 2. The van der Waals surface area contributed by atoms with E-state index < -0.39 is 41.6 Å². The van der Waals surface area contributed by atoms with Crippen molar-refractivity contribution in [1.82, 2.24) is 15.5 Å². The van der Waals surface area contributed by atoms with Crippen molar-refractivity contribution in [2.75, 3.05) is 13.2 Å². The van der Waals surface area contributed by atoms with Gasteiger partial charge in [-0.2, -0.15) is 0 Å². The predicted octanol–water partition coefficient (Wildman–Crippen LogP) is 5.18. The van der Waals surface area contributed by atoms with Crippen molar-refractivity contribution in [3.63, 3.8) is 0 Å². The average molecular weight is 582 g/mol. The standard InChI is InChI=1S/C33H47N3O6/c1-9-24(5)36(31(39)27(21-25-14-12-11-13-15-25)35-32(40)42-33(6,7)8)29(26-17-16-22(3)20-23(26)4)30(38)34-19-18-28(37)41-10-2/h11-17,20,24,27,29H,9-10,18-19,21H2,1-8H3,(H,34,38)(H,35,40). The van der Waals surface area contributed by atoms with Crippen LogP contribution < -0.4 is 10.6 Å². The zero-order valence-corrected chi connectivity index (χ0v) is 26.3. The van der Waals surface area contributed by atoms with Gasteiger partial charge < -0.3 is 25.0 Å². The molecule has 3 atom stereocenters. The molecule has 0 aliphatic rings. The highest BCUT2D eigenvalue weighted by molar-refractivity contribution is 5.93. The molecule has 3 amide bonds. The molecule has 2 N–H and O–H groups in total. The summed E-state index contributed by atoms with van der Waals surface area (Å²) >= 11 is 0. The third kappa shape index (κ3) is 10.5. The minimum Gasteiger partial charge on any atom is -0.466 e. The summed E-state index contributed by atoms with van der Waals surface area (Å²) in [5.41, 5.74) is 2.62. The van der Waals surface area contributed by atoms with Gasteiger partial charge in [-0.15, -0.1) is 0 Å². The van der Waals surface area contributed by atoms with E-state index in [-0.39, 0.29) is 32.0 Å². The lowest BCUT2D eigenvalue weighted by atomic mass is 9.94. The van der Waals surface area contributed by atoms with E-state index in [0.717, 1.165) is 16.7 Å². The van der Waals surface area contributed by atoms with E-state index in [4.69, 9.17) is 9.47 Å². The van der Waals surface area contributed by atoms with Crippen LogP contribution in [0.1, 0.15) is 82.7 Å². The normalized spacial score (nSPS) is 13.3. The number of alkyl carbamates (subject to hydrolysis) is 1. The summed E-state index contributed by atoms with van der Waals surface area (Å²) in [6, 6.07) is 12.7. The van der Waals surface area contributed by atoms with Gasteiger partial charge in [0.05, 0.1) is 13.0 Å². The number of carbonyl (C=O) groups excluding carboxylic acids is 4. The molecule has 3 unspecified atom stereocenters. The number of aryl methyl sites for hydroxylation is 2. The van der Waals surface area contributed by atoms with Gasteiger partial charge in [-0.25, -0.2) is 4.79 Å². The second-order valence-electron chi connectivity index (χ2n) is 11.5. The summed E-state index contributed by atoms with van der Waals surface area (Å²) in [5, 5.41) is 5.62. The Morgan fingerprint density at radius 3 is 2.21 bits per heavy atom. The number of ether oxygens (including phenoxy) is 2. The molecule has 0 saturated heterocycles. The summed E-state index contributed by atoms with van der Waals surface area (Å²) in [5.74, 6) is -1.25.